The van der Waals surface area contributed by atoms with E-state index in [1.54, 1.807) is 20.0 Å². The fourth-order valence-corrected chi connectivity index (χ4v) is 2.87. The molecule has 2 heterocycles. The molecule has 0 saturated heterocycles. The number of amides is 2. The van der Waals surface area contributed by atoms with E-state index in [2.05, 4.69) is 31.5 Å². The highest BCUT2D eigenvalue weighted by molar-refractivity contribution is 6.29. The zero-order chi connectivity index (χ0) is 21.6. The second-order valence-electron chi connectivity index (χ2n) is 6.50. The molecule has 29 heavy (non-hydrogen) atoms. The minimum atomic E-state index is -0.520. The molecule has 2 amide bonds. The molecule has 2 aromatic heterocycles. The van der Waals surface area contributed by atoms with Crippen LogP contribution in [0, 0.1) is 5.41 Å². The maximum absolute atomic E-state index is 12.3. The van der Waals surface area contributed by atoms with E-state index in [1.165, 1.54) is 6.07 Å². The number of hydrogen-bond donors (Lipinski definition) is 5. The lowest BCUT2D eigenvalue weighted by atomic mass is 9.99. The largest absolute Gasteiger partial charge is 0.478 e. The number of aromatic nitrogens is 2. The number of carbonyl (C=O) groups is 1. The summed E-state index contributed by atoms with van der Waals surface area (Å²) in [6, 6.07) is 4.40. The average Bonchev–Trinajstić information content (AvgIpc) is 2.65. The van der Waals surface area contributed by atoms with Crippen LogP contribution in [0.4, 0.5) is 22.0 Å². The van der Waals surface area contributed by atoms with Gasteiger partial charge in [0, 0.05) is 13.1 Å². The van der Waals surface area contributed by atoms with Crippen LogP contribution in [0.2, 0.25) is 5.15 Å². The SMILES string of the molecule is CCOc1cc(NC(=O)NNc2cc(C(C)C)c(NC)c(C(C)=N)n2)cc(Cl)n1. The number of carbonyl (C=O) groups excluding carboxylic acids is 1. The minimum absolute atomic E-state index is 0.198. The van der Waals surface area contributed by atoms with Crippen molar-refractivity contribution in [3.05, 3.63) is 34.6 Å². The quantitative estimate of drug-likeness (QED) is 0.248. The lowest BCUT2D eigenvalue weighted by Crippen LogP contribution is -2.34. The van der Waals surface area contributed by atoms with Gasteiger partial charge in [0.05, 0.1) is 23.7 Å². The summed E-state index contributed by atoms with van der Waals surface area (Å²) in [5.41, 5.74) is 8.37. The molecule has 0 aliphatic rings. The standard InChI is InChI=1S/C19H26ClN7O2/c1-6-29-16-8-12(7-14(20)24-16)23-19(28)27-26-15-9-13(10(2)3)18(22-5)17(25-15)11(4)21/h7-10,21-22H,6H2,1-5H3,(H,25,26)(H2,23,24,27,28). The number of nitrogens with one attached hydrogen (secondary N) is 5. The Bertz CT molecular complexity index is 902. The number of rotatable bonds is 8. The van der Waals surface area contributed by atoms with Crippen molar-refractivity contribution in [3.63, 3.8) is 0 Å². The first kappa shape index (κ1) is 22.2. The molecule has 0 unspecified atom stereocenters. The van der Waals surface area contributed by atoms with E-state index in [1.807, 2.05) is 26.8 Å². The Morgan fingerprint density at radius 3 is 2.59 bits per heavy atom. The van der Waals surface area contributed by atoms with Crippen LogP contribution in [0.15, 0.2) is 18.2 Å². The van der Waals surface area contributed by atoms with Crippen molar-refractivity contribution in [3.8, 4) is 5.88 Å². The van der Waals surface area contributed by atoms with Crippen molar-refractivity contribution < 1.29 is 9.53 Å². The molecular weight excluding hydrogens is 394 g/mol. The van der Waals surface area contributed by atoms with Gasteiger partial charge in [-0.15, -0.1) is 0 Å². The lowest BCUT2D eigenvalue weighted by Gasteiger charge is -2.18. The number of hydrazine groups is 1. The number of urea groups is 1. The Morgan fingerprint density at radius 1 is 1.28 bits per heavy atom. The molecule has 9 nitrogen and oxygen atoms in total. The number of nitrogens with zero attached hydrogens (tertiary/aromatic N) is 2. The van der Waals surface area contributed by atoms with Gasteiger partial charge in [0.15, 0.2) is 0 Å². The summed E-state index contributed by atoms with van der Waals surface area (Å²) < 4.78 is 5.31. The van der Waals surface area contributed by atoms with Crippen molar-refractivity contribution in [2.75, 3.05) is 29.7 Å². The highest BCUT2D eigenvalue weighted by Gasteiger charge is 2.16. The van der Waals surface area contributed by atoms with Crippen molar-refractivity contribution >= 4 is 40.5 Å². The maximum atomic E-state index is 12.3. The second kappa shape index (κ2) is 9.92. The summed E-state index contributed by atoms with van der Waals surface area (Å²) in [4.78, 5) is 20.7. The number of hydrogen-bond acceptors (Lipinski definition) is 7. The third-order valence-electron chi connectivity index (χ3n) is 3.90. The summed E-state index contributed by atoms with van der Waals surface area (Å²) in [5, 5.41) is 14.0. The number of halogens is 1. The molecular formula is C19H26ClN7O2. The van der Waals surface area contributed by atoms with Gasteiger partial charge in [0.25, 0.3) is 0 Å². The predicted octanol–water partition coefficient (Wildman–Crippen LogP) is 4.23. The Labute approximate surface area is 175 Å². The van der Waals surface area contributed by atoms with Crippen molar-refractivity contribution in [1.29, 1.82) is 5.41 Å². The molecule has 0 bridgehead atoms. The second-order valence-corrected chi connectivity index (χ2v) is 6.89. The Morgan fingerprint density at radius 2 is 2.00 bits per heavy atom. The molecule has 2 aromatic rings. The van der Waals surface area contributed by atoms with Crippen molar-refractivity contribution in [2.24, 2.45) is 0 Å². The third-order valence-corrected chi connectivity index (χ3v) is 4.10. The molecule has 5 N–H and O–H groups in total. The summed E-state index contributed by atoms with van der Waals surface area (Å²) in [6.07, 6.45) is 0. The third kappa shape index (κ3) is 5.95. The summed E-state index contributed by atoms with van der Waals surface area (Å²) >= 11 is 5.95. The highest BCUT2D eigenvalue weighted by atomic mass is 35.5. The molecule has 0 fully saturated rings. The Kier molecular flexibility index (Phi) is 7.60. The first-order valence-corrected chi connectivity index (χ1v) is 9.54. The van der Waals surface area contributed by atoms with Gasteiger partial charge in [-0.2, -0.15) is 0 Å². The fourth-order valence-electron chi connectivity index (χ4n) is 2.67. The van der Waals surface area contributed by atoms with Crippen LogP contribution in [0.5, 0.6) is 5.88 Å². The normalized spacial score (nSPS) is 10.4. The fraction of sp³-hybridized carbons (Fsp3) is 0.368. The highest BCUT2D eigenvalue weighted by Crippen LogP contribution is 2.29. The van der Waals surface area contributed by atoms with Gasteiger partial charge in [-0.1, -0.05) is 25.4 Å². The zero-order valence-electron chi connectivity index (χ0n) is 17.1. The van der Waals surface area contributed by atoms with Crippen LogP contribution in [0.25, 0.3) is 0 Å². The van der Waals surface area contributed by atoms with E-state index in [0.717, 1.165) is 11.3 Å². The zero-order valence-corrected chi connectivity index (χ0v) is 17.9. The molecule has 0 radical (unpaired) electrons. The van der Waals surface area contributed by atoms with E-state index < -0.39 is 6.03 Å². The van der Waals surface area contributed by atoms with Crippen LogP contribution in [0.3, 0.4) is 0 Å². The van der Waals surface area contributed by atoms with Gasteiger partial charge < -0.3 is 20.8 Å². The first-order valence-electron chi connectivity index (χ1n) is 9.16. The van der Waals surface area contributed by atoms with Crippen molar-refractivity contribution in [1.82, 2.24) is 15.4 Å². The van der Waals surface area contributed by atoms with Crippen molar-refractivity contribution in [2.45, 2.75) is 33.6 Å². The van der Waals surface area contributed by atoms with E-state index in [4.69, 9.17) is 21.7 Å². The Balaban J connectivity index is 2.15. The number of ether oxygens (including phenoxy) is 1. The van der Waals surface area contributed by atoms with Crippen LogP contribution >= 0.6 is 11.6 Å². The minimum Gasteiger partial charge on any atom is -0.478 e. The van der Waals surface area contributed by atoms with E-state index in [-0.39, 0.29) is 11.1 Å². The first-order chi connectivity index (χ1) is 13.7. The van der Waals surface area contributed by atoms with Gasteiger partial charge in [0.2, 0.25) is 5.88 Å². The molecule has 0 aromatic carbocycles. The topological polar surface area (TPSA) is 124 Å². The van der Waals surface area contributed by atoms with Crippen LogP contribution in [-0.2, 0) is 0 Å². The average molecular weight is 420 g/mol. The summed E-state index contributed by atoms with van der Waals surface area (Å²) in [7, 11) is 1.80. The maximum Gasteiger partial charge on any atom is 0.337 e. The Hall–Kier alpha value is -3.07. The molecule has 0 aliphatic carbocycles. The van der Waals surface area contributed by atoms with Gasteiger partial charge in [0.1, 0.15) is 16.7 Å². The molecule has 2 rings (SSSR count). The van der Waals surface area contributed by atoms with E-state index >= 15 is 0 Å². The molecule has 0 saturated carbocycles. The van der Waals surface area contributed by atoms with Gasteiger partial charge in [-0.3, -0.25) is 10.9 Å². The molecule has 0 spiro atoms. The molecule has 0 aliphatic heterocycles. The van der Waals surface area contributed by atoms with Gasteiger partial charge in [-0.05, 0) is 37.5 Å². The van der Waals surface area contributed by atoms with E-state index in [9.17, 15) is 4.79 Å². The summed E-state index contributed by atoms with van der Waals surface area (Å²) in [6.45, 7) is 8.02. The van der Waals surface area contributed by atoms with Crippen LogP contribution in [0.1, 0.15) is 44.9 Å². The number of anilines is 3. The van der Waals surface area contributed by atoms with E-state index in [0.29, 0.717) is 35.4 Å². The summed E-state index contributed by atoms with van der Waals surface area (Å²) in [5.74, 6) is 0.941. The van der Waals surface area contributed by atoms with Gasteiger partial charge in [-0.25, -0.2) is 14.8 Å². The van der Waals surface area contributed by atoms with Crippen LogP contribution < -0.4 is 26.2 Å². The monoisotopic (exact) mass is 419 g/mol. The smallest absolute Gasteiger partial charge is 0.337 e. The van der Waals surface area contributed by atoms with Crippen LogP contribution in [-0.4, -0.2) is 35.4 Å². The molecule has 156 valence electrons. The lowest BCUT2D eigenvalue weighted by molar-refractivity contribution is 0.254. The van der Waals surface area contributed by atoms with Gasteiger partial charge >= 0.3 is 6.03 Å². The number of pyridine rings is 2. The molecule has 0 atom stereocenters. The molecule has 10 heteroatoms. The predicted molar refractivity (Wildman–Crippen MR) is 117 cm³/mol.